The van der Waals surface area contributed by atoms with Crippen LogP contribution in [0, 0.1) is 0 Å². The lowest BCUT2D eigenvalue weighted by Crippen LogP contribution is -2.04. The smallest absolute Gasteiger partial charge is 0.119 e. The van der Waals surface area contributed by atoms with Crippen LogP contribution < -0.4 is 5.73 Å². The molecule has 1 unspecified atom stereocenters. The largest absolute Gasteiger partial charge is 0.397 e. The Kier molecular flexibility index (Phi) is 4.25. The highest BCUT2D eigenvalue weighted by Crippen LogP contribution is 2.25. The van der Waals surface area contributed by atoms with E-state index in [1.54, 1.807) is 18.0 Å². The van der Waals surface area contributed by atoms with Gasteiger partial charge in [-0.2, -0.15) is 5.10 Å². The second-order valence-corrected chi connectivity index (χ2v) is 5.19. The van der Waals surface area contributed by atoms with E-state index in [4.69, 9.17) is 5.73 Å². The molecular formula is C13H18N4S. The third-order valence-corrected chi connectivity index (χ3v) is 3.92. The van der Waals surface area contributed by atoms with Crippen LogP contribution in [0.3, 0.4) is 0 Å². The maximum absolute atomic E-state index is 5.85. The summed E-state index contributed by atoms with van der Waals surface area (Å²) in [6.07, 6.45) is 4.88. The molecule has 0 aliphatic rings. The zero-order valence-electron chi connectivity index (χ0n) is 10.7. The van der Waals surface area contributed by atoms with Crippen LogP contribution in [0.4, 0.5) is 5.69 Å². The summed E-state index contributed by atoms with van der Waals surface area (Å²) >= 11 is 1.62. The first kappa shape index (κ1) is 13.0. The molecule has 96 valence electrons. The Morgan fingerprint density at radius 1 is 1.44 bits per heavy atom. The van der Waals surface area contributed by atoms with Crippen molar-refractivity contribution >= 4 is 17.4 Å². The number of nitrogens with zero attached hydrogens (tertiary/aromatic N) is 3. The standard InChI is InChI=1S/C13H18N4S/c1-3-10(2)17-8-6-11(16-17)9-18-13-12(14)5-4-7-15-13/h4-8,10H,3,9,14H2,1-2H3. The predicted octanol–water partition coefficient (Wildman–Crippen LogP) is 3.12. The highest BCUT2D eigenvalue weighted by molar-refractivity contribution is 7.98. The van der Waals surface area contributed by atoms with Crippen LogP contribution in [0.5, 0.6) is 0 Å². The van der Waals surface area contributed by atoms with E-state index in [0.29, 0.717) is 6.04 Å². The van der Waals surface area contributed by atoms with Crippen molar-refractivity contribution in [2.45, 2.75) is 37.1 Å². The normalized spacial score (nSPS) is 12.6. The van der Waals surface area contributed by atoms with E-state index in [1.807, 2.05) is 23.0 Å². The Morgan fingerprint density at radius 2 is 2.28 bits per heavy atom. The number of nitrogen functional groups attached to an aromatic ring is 1. The van der Waals surface area contributed by atoms with Crippen molar-refractivity contribution in [1.29, 1.82) is 0 Å². The van der Waals surface area contributed by atoms with E-state index in [2.05, 4.69) is 30.0 Å². The van der Waals surface area contributed by atoms with Gasteiger partial charge in [-0.25, -0.2) is 4.98 Å². The summed E-state index contributed by atoms with van der Waals surface area (Å²) in [7, 11) is 0. The molecule has 1 atom stereocenters. The maximum atomic E-state index is 5.85. The van der Waals surface area contributed by atoms with Gasteiger partial charge in [0, 0.05) is 24.2 Å². The number of nitrogens with two attached hydrogens (primary N) is 1. The Morgan fingerprint density at radius 3 is 3.00 bits per heavy atom. The van der Waals surface area contributed by atoms with Gasteiger partial charge >= 0.3 is 0 Å². The second kappa shape index (κ2) is 5.91. The first-order chi connectivity index (χ1) is 8.70. The molecule has 0 aliphatic heterocycles. The Hall–Kier alpha value is -1.49. The van der Waals surface area contributed by atoms with Gasteiger partial charge in [0.15, 0.2) is 0 Å². The highest BCUT2D eigenvalue weighted by Gasteiger charge is 2.06. The molecule has 18 heavy (non-hydrogen) atoms. The van der Waals surface area contributed by atoms with Gasteiger partial charge in [0.2, 0.25) is 0 Å². The fourth-order valence-electron chi connectivity index (χ4n) is 1.55. The zero-order chi connectivity index (χ0) is 13.0. The monoisotopic (exact) mass is 262 g/mol. The summed E-state index contributed by atoms with van der Waals surface area (Å²) in [5.41, 5.74) is 7.64. The number of hydrogen-bond acceptors (Lipinski definition) is 4. The van der Waals surface area contributed by atoms with Gasteiger partial charge in [0.25, 0.3) is 0 Å². The van der Waals surface area contributed by atoms with Gasteiger partial charge in [-0.1, -0.05) is 18.7 Å². The van der Waals surface area contributed by atoms with Crippen molar-refractivity contribution in [3.8, 4) is 0 Å². The fourth-order valence-corrected chi connectivity index (χ4v) is 2.36. The Bertz CT molecular complexity index is 509. The summed E-state index contributed by atoms with van der Waals surface area (Å²) in [5.74, 6) is 0.796. The molecule has 0 aromatic carbocycles. The molecule has 0 bridgehead atoms. The summed E-state index contributed by atoms with van der Waals surface area (Å²) in [6.45, 7) is 4.33. The molecule has 2 N–H and O–H groups in total. The van der Waals surface area contributed by atoms with Crippen molar-refractivity contribution in [2.75, 3.05) is 5.73 Å². The van der Waals surface area contributed by atoms with E-state index >= 15 is 0 Å². The third kappa shape index (κ3) is 3.04. The highest BCUT2D eigenvalue weighted by atomic mass is 32.2. The minimum atomic E-state index is 0.448. The van der Waals surface area contributed by atoms with Crippen LogP contribution in [0.2, 0.25) is 0 Å². The summed E-state index contributed by atoms with van der Waals surface area (Å²) in [6, 6.07) is 6.21. The van der Waals surface area contributed by atoms with Gasteiger partial charge < -0.3 is 5.73 Å². The number of rotatable bonds is 5. The fraction of sp³-hybridized carbons (Fsp3) is 0.385. The summed E-state index contributed by atoms with van der Waals surface area (Å²) < 4.78 is 2.01. The molecule has 0 saturated heterocycles. The summed E-state index contributed by atoms with van der Waals surface area (Å²) in [4.78, 5) is 4.25. The van der Waals surface area contributed by atoms with E-state index in [1.165, 1.54) is 0 Å². The summed E-state index contributed by atoms with van der Waals surface area (Å²) in [5, 5.41) is 5.42. The van der Waals surface area contributed by atoms with E-state index in [0.717, 1.165) is 28.6 Å². The molecule has 0 radical (unpaired) electrons. The first-order valence-electron chi connectivity index (χ1n) is 6.08. The lowest BCUT2D eigenvalue weighted by Gasteiger charge is -2.08. The van der Waals surface area contributed by atoms with Gasteiger partial charge in [0.1, 0.15) is 5.03 Å². The first-order valence-corrected chi connectivity index (χ1v) is 7.06. The lowest BCUT2D eigenvalue weighted by molar-refractivity contribution is 0.475. The molecule has 0 aliphatic carbocycles. The van der Waals surface area contributed by atoms with Gasteiger partial charge in [-0.3, -0.25) is 4.68 Å². The Balaban J connectivity index is 1.98. The number of aromatic nitrogens is 3. The zero-order valence-corrected chi connectivity index (χ0v) is 11.5. The second-order valence-electron chi connectivity index (χ2n) is 4.23. The van der Waals surface area contributed by atoms with Crippen molar-refractivity contribution in [1.82, 2.24) is 14.8 Å². The SMILES string of the molecule is CCC(C)n1ccc(CSc2ncccc2N)n1. The van der Waals surface area contributed by atoms with Gasteiger partial charge in [-0.05, 0) is 31.5 Å². The molecule has 0 saturated carbocycles. The minimum absolute atomic E-state index is 0.448. The molecule has 0 spiro atoms. The number of pyridine rings is 1. The minimum Gasteiger partial charge on any atom is -0.397 e. The molecule has 0 amide bonds. The Labute approximate surface area is 112 Å². The van der Waals surface area contributed by atoms with Crippen molar-refractivity contribution < 1.29 is 0 Å². The van der Waals surface area contributed by atoms with Crippen LogP contribution in [0.25, 0.3) is 0 Å². The van der Waals surface area contributed by atoms with Crippen LogP contribution in [0.1, 0.15) is 32.0 Å². The molecule has 2 rings (SSSR count). The molecule has 2 aromatic heterocycles. The maximum Gasteiger partial charge on any atom is 0.119 e. The molecule has 4 nitrogen and oxygen atoms in total. The van der Waals surface area contributed by atoms with Crippen LogP contribution in [-0.4, -0.2) is 14.8 Å². The molecule has 2 aromatic rings. The number of anilines is 1. The average Bonchev–Trinajstić information content (AvgIpc) is 2.86. The number of hydrogen-bond donors (Lipinski definition) is 1. The lowest BCUT2D eigenvalue weighted by atomic mass is 10.3. The third-order valence-electron chi connectivity index (χ3n) is 2.86. The van der Waals surface area contributed by atoms with Gasteiger partial charge in [-0.15, -0.1) is 0 Å². The van der Waals surface area contributed by atoms with E-state index in [-0.39, 0.29) is 0 Å². The van der Waals surface area contributed by atoms with E-state index in [9.17, 15) is 0 Å². The predicted molar refractivity (Wildman–Crippen MR) is 75.4 cm³/mol. The molecule has 0 fully saturated rings. The average molecular weight is 262 g/mol. The molecule has 5 heteroatoms. The van der Waals surface area contributed by atoms with Crippen molar-refractivity contribution in [3.05, 3.63) is 36.3 Å². The molecular weight excluding hydrogens is 244 g/mol. The van der Waals surface area contributed by atoms with Crippen molar-refractivity contribution in [3.63, 3.8) is 0 Å². The van der Waals surface area contributed by atoms with Crippen LogP contribution in [0.15, 0.2) is 35.6 Å². The van der Waals surface area contributed by atoms with Gasteiger partial charge in [0.05, 0.1) is 11.4 Å². The quantitative estimate of drug-likeness (QED) is 0.841. The molecule has 2 heterocycles. The van der Waals surface area contributed by atoms with Crippen LogP contribution >= 0.6 is 11.8 Å². The van der Waals surface area contributed by atoms with E-state index < -0.39 is 0 Å². The topological polar surface area (TPSA) is 56.7 Å². The number of thioether (sulfide) groups is 1. The van der Waals surface area contributed by atoms with Crippen molar-refractivity contribution in [2.24, 2.45) is 0 Å². The van der Waals surface area contributed by atoms with Crippen LogP contribution in [-0.2, 0) is 5.75 Å².